The van der Waals surface area contributed by atoms with E-state index in [1.165, 1.54) is 12.1 Å². The number of alkyl halides is 3. The zero-order valence-electron chi connectivity index (χ0n) is 11.6. The topological polar surface area (TPSA) is 19.0 Å². The monoisotopic (exact) mass is 294 g/mol. The van der Waals surface area contributed by atoms with Gasteiger partial charge >= 0.3 is 6.18 Å². The molecular formula is C16H17F3N2. The van der Waals surface area contributed by atoms with Crippen molar-refractivity contribution in [3.63, 3.8) is 0 Å². The number of nitrogens with zero attached hydrogens (tertiary/aromatic N) is 1. The van der Waals surface area contributed by atoms with Gasteiger partial charge in [-0.3, -0.25) is 4.90 Å². The van der Waals surface area contributed by atoms with Crippen molar-refractivity contribution in [1.82, 2.24) is 9.88 Å². The number of benzene rings is 1. The summed E-state index contributed by atoms with van der Waals surface area (Å²) in [5, 5.41) is 0.397. The van der Waals surface area contributed by atoms with Gasteiger partial charge in [0.2, 0.25) is 0 Å². The van der Waals surface area contributed by atoms with Gasteiger partial charge in [-0.2, -0.15) is 13.2 Å². The minimum atomic E-state index is -4.29. The van der Waals surface area contributed by atoms with E-state index in [0.29, 0.717) is 16.9 Å². The smallest absolute Gasteiger partial charge is 0.358 e. The Labute approximate surface area is 120 Å². The molecule has 1 saturated heterocycles. The molecule has 0 spiro atoms. The van der Waals surface area contributed by atoms with Crippen LogP contribution in [-0.2, 0) is 19.0 Å². The van der Waals surface area contributed by atoms with Crippen LogP contribution in [-0.4, -0.2) is 29.0 Å². The number of H-pyrrole nitrogens is 1. The van der Waals surface area contributed by atoms with Crippen molar-refractivity contribution >= 4 is 10.9 Å². The maximum atomic E-state index is 13.3. The lowest BCUT2D eigenvalue weighted by molar-refractivity contribution is -0.136. The second kappa shape index (κ2) is 4.50. The molecule has 0 amide bonds. The highest BCUT2D eigenvalue weighted by molar-refractivity contribution is 5.88. The third-order valence-electron chi connectivity index (χ3n) is 4.91. The van der Waals surface area contributed by atoms with Crippen LogP contribution < -0.4 is 0 Å². The molecule has 2 aromatic rings. The van der Waals surface area contributed by atoms with Gasteiger partial charge in [-0.1, -0.05) is 6.07 Å². The molecule has 1 atom stereocenters. The van der Waals surface area contributed by atoms with E-state index in [2.05, 4.69) is 9.88 Å². The Morgan fingerprint density at radius 2 is 2.05 bits per heavy atom. The lowest BCUT2D eigenvalue weighted by Gasteiger charge is -2.21. The lowest BCUT2D eigenvalue weighted by Crippen LogP contribution is -2.30. The molecule has 0 aliphatic carbocycles. The van der Waals surface area contributed by atoms with Crippen LogP contribution >= 0.6 is 0 Å². The summed E-state index contributed by atoms with van der Waals surface area (Å²) >= 11 is 0. The molecule has 1 N–H and O–H groups in total. The molecule has 112 valence electrons. The van der Waals surface area contributed by atoms with E-state index < -0.39 is 11.7 Å². The molecule has 0 radical (unpaired) electrons. The third-order valence-corrected chi connectivity index (χ3v) is 4.91. The molecule has 1 fully saturated rings. The number of aromatic nitrogens is 1. The van der Waals surface area contributed by atoms with Gasteiger partial charge in [-0.25, -0.2) is 0 Å². The van der Waals surface area contributed by atoms with Crippen molar-refractivity contribution in [2.24, 2.45) is 0 Å². The second-order valence-electron chi connectivity index (χ2n) is 6.09. The maximum Gasteiger partial charge on any atom is 0.417 e. The molecule has 2 aliphatic heterocycles. The van der Waals surface area contributed by atoms with Crippen LogP contribution in [0.25, 0.3) is 10.9 Å². The molecule has 1 aromatic carbocycles. The number of fused-ring (bicyclic) bond motifs is 4. The normalized spacial score (nSPS) is 23.1. The number of nitrogens with one attached hydrogen (secondary N) is 1. The van der Waals surface area contributed by atoms with E-state index in [1.807, 2.05) is 0 Å². The predicted molar refractivity (Wildman–Crippen MR) is 75.3 cm³/mol. The van der Waals surface area contributed by atoms with Crippen molar-refractivity contribution in [2.75, 3.05) is 13.1 Å². The average Bonchev–Trinajstić information content (AvgIpc) is 2.97. The van der Waals surface area contributed by atoms with Gasteiger partial charge in [0, 0.05) is 35.6 Å². The summed E-state index contributed by atoms with van der Waals surface area (Å²) in [4.78, 5) is 5.66. The van der Waals surface area contributed by atoms with Crippen LogP contribution in [0.1, 0.15) is 29.7 Å². The predicted octanol–water partition coefficient (Wildman–Crippen LogP) is 3.75. The largest absolute Gasteiger partial charge is 0.417 e. The summed E-state index contributed by atoms with van der Waals surface area (Å²) < 4.78 is 39.9. The Kier molecular flexibility index (Phi) is 2.83. The maximum absolute atomic E-state index is 13.3. The molecule has 0 bridgehead atoms. The van der Waals surface area contributed by atoms with Crippen LogP contribution in [0.15, 0.2) is 18.2 Å². The van der Waals surface area contributed by atoms with Crippen LogP contribution in [0.4, 0.5) is 13.2 Å². The third kappa shape index (κ3) is 2.06. The summed E-state index contributed by atoms with van der Waals surface area (Å²) in [6.45, 7) is 2.03. The van der Waals surface area contributed by atoms with Gasteiger partial charge in [-0.15, -0.1) is 0 Å². The highest BCUT2D eigenvalue weighted by Crippen LogP contribution is 2.39. The molecular weight excluding hydrogens is 277 g/mol. The van der Waals surface area contributed by atoms with Crippen LogP contribution in [0.5, 0.6) is 0 Å². The molecule has 2 nitrogen and oxygen atoms in total. The summed E-state index contributed by atoms with van der Waals surface area (Å²) in [6.07, 6.45) is -0.480. The average molecular weight is 294 g/mol. The number of hydrogen-bond acceptors (Lipinski definition) is 1. The van der Waals surface area contributed by atoms with Crippen molar-refractivity contribution < 1.29 is 13.2 Å². The molecule has 3 heterocycles. The Balaban J connectivity index is 1.90. The van der Waals surface area contributed by atoms with E-state index in [9.17, 15) is 13.2 Å². The minimum absolute atomic E-state index is 0.397. The Morgan fingerprint density at radius 1 is 1.19 bits per heavy atom. The quantitative estimate of drug-likeness (QED) is 0.784. The van der Waals surface area contributed by atoms with E-state index in [4.69, 9.17) is 0 Å². The summed E-state index contributed by atoms with van der Waals surface area (Å²) in [5.41, 5.74) is 2.02. The van der Waals surface area contributed by atoms with Crippen molar-refractivity contribution in [2.45, 2.75) is 37.9 Å². The standard InChI is InChI=1S/C16H17F3N2/c17-16(18,19)12-4-1-5-14-15(12)11-9-10-3-2-7-21(10)8-6-13(11)20-14/h1,4-5,10,20H,2-3,6-9H2/t10-/m1/s1. The molecule has 2 aliphatic rings. The number of hydrogen-bond donors (Lipinski definition) is 1. The zero-order valence-corrected chi connectivity index (χ0v) is 11.6. The van der Waals surface area contributed by atoms with E-state index >= 15 is 0 Å². The summed E-state index contributed by atoms with van der Waals surface area (Å²) in [7, 11) is 0. The van der Waals surface area contributed by atoms with Crippen LogP contribution in [0.2, 0.25) is 0 Å². The van der Waals surface area contributed by atoms with Gasteiger partial charge < -0.3 is 4.98 Å². The van der Waals surface area contributed by atoms with E-state index in [-0.39, 0.29) is 0 Å². The highest BCUT2D eigenvalue weighted by atomic mass is 19.4. The van der Waals surface area contributed by atoms with Gasteiger partial charge in [0.05, 0.1) is 5.56 Å². The molecule has 1 aromatic heterocycles. The first-order valence-electron chi connectivity index (χ1n) is 7.48. The van der Waals surface area contributed by atoms with E-state index in [1.54, 1.807) is 6.07 Å². The first-order chi connectivity index (χ1) is 10.0. The summed E-state index contributed by atoms with van der Waals surface area (Å²) in [5.74, 6) is 0. The Bertz CT molecular complexity index is 687. The summed E-state index contributed by atoms with van der Waals surface area (Å²) in [6, 6.07) is 4.86. The molecule has 5 heteroatoms. The number of aromatic amines is 1. The van der Waals surface area contributed by atoms with E-state index in [0.717, 1.165) is 50.0 Å². The van der Waals surface area contributed by atoms with Crippen molar-refractivity contribution in [1.29, 1.82) is 0 Å². The number of rotatable bonds is 0. The van der Waals surface area contributed by atoms with Gasteiger partial charge in [0.25, 0.3) is 0 Å². The molecule has 0 saturated carbocycles. The fourth-order valence-electron chi connectivity index (χ4n) is 3.96. The SMILES string of the molecule is FC(F)(F)c1cccc2[nH]c3c(c12)C[C@H]1CCCN1CC3. The Hall–Kier alpha value is -1.49. The minimum Gasteiger partial charge on any atom is -0.358 e. The van der Waals surface area contributed by atoms with Crippen molar-refractivity contribution in [3.05, 3.63) is 35.0 Å². The zero-order chi connectivity index (χ0) is 14.6. The van der Waals surface area contributed by atoms with Crippen molar-refractivity contribution in [3.8, 4) is 0 Å². The highest BCUT2D eigenvalue weighted by Gasteiger charge is 2.36. The van der Waals surface area contributed by atoms with Gasteiger partial charge in [0.15, 0.2) is 0 Å². The Morgan fingerprint density at radius 3 is 2.86 bits per heavy atom. The molecule has 0 unspecified atom stereocenters. The van der Waals surface area contributed by atoms with Crippen LogP contribution in [0, 0.1) is 0 Å². The van der Waals surface area contributed by atoms with Crippen LogP contribution in [0.3, 0.4) is 0 Å². The first-order valence-corrected chi connectivity index (χ1v) is 7.48. The first kappa shape index (κ1) is 13.2. The van der Waals surface area contributed by atoms with Gasteiger partial charge in [-0.05, 0) is 43.5 Å². The second-order valence-corrected chi connectivity index (χ2v) is 6.09. The number of halogens is 3. The molecule has 21 heavy (non-hydrogen) atoms. The fourth-order valence-corrected chi connectivity index (χ4v) is 3.96. The fraction of sp³-hybridized carbons (Fsp3) is 0.500. The molecule has 4 rings (SSSR count). The lowest BCUT2D eigenvalue weighted by atomic mass is 9.98. The van der Waals surface area contributed by atoms with Gasteiger partial charge in [0.1, 0.15) is 0 Å².